The Balaban J connectivity index is 1.78. The molecule has 0 unspecified atom stereocenters. The number of halogens is 4. The van der Waals surface area contributed by atoms with Crippen LogP contribution in [0.4, 0.5) is 29.1 Å². The number of aromatic nitrogens is 4. The van der Waals surface area contributed by atoms with Crippen LogP contribution in [0.1, 0.15) is 16.8 Å². The van der Waals surface area contributed by atoms with E-state index in [1.165, 1.54) is 30.7 Å². The summed E-state index contributed by atoms with van der Waals surface area (Å²) in [7, 11) is 0. The number of rotatable bonds is 4. The maximum Gasteiger partial charge on any atom is 0.418 e. The summed E-state index contributed by atoms with van der Waals surface area (Å²) in [5.41, 5.74) is 1.72. The Morgan fingerprint density at radius 3 is 2.53 bits per heavy atom. The first kappa shape index (κ1) is 19.7. The summed E-state index contributed by atoms with van der Waals surface area (Å²) in [6, 6.07) is 8.74. The van der Waals surface area contributed by atoms with Gasteiger partial charge in [0.15, 0.2) is 0 Å². The number of hydrogen-bond acceptors (Lipinski definition) is 5. The molecule has 4 aromatic heterocycles. The second-order valence-corrected chi connectivity index (χ2v) is 6.61. The number of nitrogens with one attached hydrogen (secondary N) is 1. The lowest BCUT2D eigenvalue weighted by atomic mass is 10.1. The van der Waals surface area contributed by atoms with Crippen LogP contribution in [0.25, 0.3) is 22.3 Å². The van der Waals surface area contributed by atoms with Crippen LogP contribution in [0, 0.1) is 6.92 Å². The largest absolute Gasteiger partial charge is 0.418 e. The molecule has 0 aliphatic heterocycles. The van der Waals surface area contributed by atoms with Crippen molar-refractivity contribution in [1.29, 1.82) is 0 Å². The van der Waals surface area contributed by atoms with Gasteiger partial charge in [-0.25, -0.2) is 9.37 Å². The van der Waals surface area contributed by atoms with Crippen molar-refractivity contribution in [2.24, 2.45) is 0 Å². The van der Waals surface area contributed by atoms with Gasteiger partial charge in [-0.3, -0.25) is 15.0 Å². The first-order chi connectivity index (χ1) is 14.3. The minimum Gasteiger partial charge on any atom is -0.338 e. The van der Waals surface area contributed by atoms with Crippen LogP contribution < -0.4 is 5.32 Å². The number of nitrogens with zero attached hydrogens (tertiary/aromatic N) is 4. The fraction of sp³-hybridized carbons (Fsp3) is 0.143. The Hall–Kier alpha value is -3.62. The van der Waals surface area contributed by atoms with Crippen LogP contribution in [0.2, 0.25) is 0 Å². The van der Waals surface area contributed by atoms with Gasteiger partial charge in [-0.05, 0) is 37.3 Å². The first-order valence-corrected chi connectivity index (χ1v) is 8.93. The summed E-state index contributed by atoms with van der Waals surface area (Å²) in [5, 5.41) is 3.10. The van der Waals surface area contributed by atoms with E-state index in [0.717, 1.165) is 6.07 Å². The highest BCUT2D eigenvalue weighted by atomic mass is 19.4. The monoisotopic (exact) mass is 413 g/mol. The number of pyridine rings is 4. The smallest absolute Gasteiger partial charge is 0.338 e. The quantitative estimate of drug-likeness (QED) is 0.440. The molecular formula is C21H15F4N5. The molecule has 0 saturated heterocycles. The van der Waals surface area contributed by atoms with Crippen molar-refractivity contribution >= 4 is 22.5 Å². The normalized spacial score (nSPS) is 11.6. The van der Waals surface area contributed by atoms with Gasteiger partial charge in [-0.15, -0.1) is 0 Å². The van der Waals surface area contributed by atoms with Crippen LogP contribution in [0.15, 0.2) is 55.0 Å². The number of hydrogen-bond donors (Lipinski definition) is 1. The van der Waals surface area contributed by atoms with Crippen molar-refractivity contribution in [3.05, 3.63) is 71.8 Å². The van der Waals surface area contributed by atoms with E-state index in [2.05, 4.69) is 25.3 Å². The predicted octanol–water partition coefficient (Wildman–Crippen LogP) is 5.63. The Bertz CT molecular complexity index is 1210. The molecule has 0 radical (unpaired) electrons. The zero-order chi connectivity index (χ0) is 21.3. The Morgan fingerprint density at radius 1 is 1.00 bits per heavy atom. The second-order valence-electron chi connectivity index (χ2n) is 6.61. The van der Waals surface area contributed by atoms with E-state index in [0.29, 0.717) is 33.8 Å². The summed E-state index contributed by atoms with van der Waals surface area (Å²) in [4.78, 5) is 16.8. The van der Waals surface area contributed by atoms with Crippen molar-refractivity contribution in [2.75, 3.05) is 5.32 Å². The van der Waals surface area contributed by atoms with Crippen molar-refractivity contribution in [3.63, 3.8) is 0 Å². The SMILES string of the molecule is Cc1cc(Nc2ccc(CF)cn2)c2ncc(-c3ncccc3C(F)(F)F)cc2n1. The molecule has 5 nitrogen and oxygen atoms in total. The predicted molar refractivity (Wildman–Crippen MR) is 105 cm³/mol. The lowest BCUT2D eigenvalue weighted by molar-refractivity contribution is -0.137. The Labute approximate surface area is 168 Å². The van der Waals surface area contributed by atoms with Crippen molar-refractivity contribution in [1.82, 2.24) is 19.9 Å². The second kappa shape index (κ2) is 7.66. The molecule has 0 bridgehead atoms. The van der Waals surface area contributed by atoms with Crippen molar-refractivity contribution in [3.8, 4) is 11.3 Å². The van der Waals surface area contributed by atoms with E-state index in [4.69, 9.17) is 0 Å². The molecule has 4 rings (SSSR count). The number of anilines is 2. The molecule has 0 amide bonds. The van der Waals surface area contributed by atoms with Gasteiger partial charge in [0.25, 0.3) is 0 Å². The van der Waals surface area contributed by atoms with E-state index in [-0.39, 0.29) is 11.3 Å². The molecule has 0 aliphatic carbocycles. The molecule has 1 N–H and O–H groups in total. The van der Waals surface area contributed by atoms with Gasteiger partial charge in [0.2, 0.25) is 0 Å². The molecule has 0 spiro atoms. The van der Waals surface area contributed by atoms with Crippen LogP contribution >= 0.6 is 0 Å². The molecule has 9 heteroatoms. The van der Waals surface area contributed by atoms with Gasteiger partial charge in [0, 0.05) is 35.4 Å². The van der Waals surface area contributed by atoms with Gasteiger partial charge in [-0.2, -0.15) is 13.2 Å². The van der Waals surface area contributed by atoms with Crippen molar-refractivity contribution < 1.29 is 17.6 Å². The fourth-order valence-corrected chi connectivity index (χ4v) is 3.05. The molecule has 0 aromatic carbocycles. The average molecular weight is 413 g/mol. The minimum absolute atomic E-state index is 0.208. The van der Waals surface area contributed by atoms with E-state index in [1.807, 2.05) is 0 Å². The summed E-state index contributed by atoms with van der Waals surface area (Å²) in [5.74, 6) is 0.481. The van der Waals surface area contributed by atoms with Crippen LogP contribution in [0.3, 0.4) is 0 Å². The van der Waals surface area contributed by atoms with Crippen molar-refractivity contribution in [2.45, 2.75) is 19.8 Å². The standard InChI is InChI=1S/C21H15F4N5/c1-12-7-16(30-18-5-4-13(9-22)10-27-18)20-17(29-12)8-14(11-28-20)19-15(21(23,24)25)3-2-6-26-19/h2-8,10-11H,9H2,1H3,(H,27,29,30). The maximum atomic E-state index is 13.4. The lowest BCUT2D eigenvalue weighted by Gasteiger charge is -2.13. The highest BCUT2D eigenvalue weighted by Gasteiger charge is 2.34. The van der Waals surface area contributed by atoms with Gasteiger partial charge in [-0.1, -0.05) is 6.07 Å². The van der Waals surface area contributed by atoms with Gasteiger partial charge >= 0.3 is 6.18 Å². The summed E-state index contributed by atoms with van der Waals surface area (Å²) >= 11 is 0. The topological polar surface area (TPSA) is 63.6 Å². The molecule has 4 heterocycles. The molecule has 0 fully saturated rings. The van der Waals surface area contributed by atoms with E-state index >= 15 is 0 Å². The maximum absolute atomic E-state index is 13.4. The fourth-order valence-electron chi connectivity index (χ4n) is 3.05. The summed E-state index contributed by atoms with van der Waals surface area (Å²) in [6.07, 6.45) is -0.480. The zero-order valence-electron chi connectivity index (χ0n) is 15.7. The van der Waals surface area contributed by atoms with E-state index in [1.54, 1.807) is 25.1 Å². The third kappa shape index (κ3) is 3.91. The third-order valence-electron chi connectivity index (χ3n) is 4.40. The average Bonchev–Trinajstić information content (AvgIpc) is 2.73. The van der Waals surface area contributed by atoms with E-state index in [9.17, 15) is 17.6 Å². The van der Waals surface area contributed by atoms with Crippen LogP contribution in [-0.2, 0) is 12.9 Å². The highest BCUT2D eigenvalue weighted by molar-refractivity contribution is 5.91. The summed E-state index contributed by atoms with van der Waals surface area (Å²) in [6.45, 7) is 1.15. The van der Waals surface area contributed by atoms with Gasteiger partial charge < -0.3 is 5.32 Å². The Kier molecular flexibility index (Phi) is 5.03. The molecular weight excluding hydrogens is 398 g/mol. The first-order valence-electron chi connectivity index (χ1n) is 8.93. The molecule has 0 atom stereocenters. The van der Waals surface area contributed by atoms with Crippen LogP contribution in [0.5, 0.6) is 0 Å². The Morgan fingerprint density at radius 2 is 1.83 bits per heavy atom. The molecule has 4 aromatic rings. The van der Waals surface area contributed by atoms with E-state index < -0.39 is 18.4 Å². The third-order valence-corrected chi connectivity index (χ3v) is 4.40. The molecule has 0 aliphatic rings. The number of aryl methyl sites for hydroxylation is 1. The highest BCUT2D eigenvalue weighted by Crippen LogP contribution is 2.36. The summed E-state index contributed by atoms with van der Waals surface area (Å²) < 4.78 is 52.7. The van der Waals surface area contributed by atoms with Gasteiger partial charge in [0.05, 0.1) is 22.5 Å². The number of fused-ring (bicyclic) bond motifs is 1. The number of alkyl halides is 4. The zero-order valence-corrected chi connectivity index (χ0v) is 15.7. The molecule has 0 saturated carbocycles. The molecule has 152 valence electrons. The minimum atomic E-state index is -4.54. The van der Waals surface area contributed by atoms with Gasteiger partial charge in [0.1, 0.15) is 18.0 Å². The lowest BCUT2D eigenvalue weighted by Crippen LogP contribution is -2.08. The van der Waals surface area contributed by atoms with Crippen LogP contribution in [-0.4, -0.2) is 19.9 Å². The molecule has 30 heavy (non-hydrogen) atoms.